The Morgan fingerprint density at radius 2 is 2.06 bits per heavy atom. The molecule has 5 heteroatoms. The number of hydrogen-bond donors (Lipinski definition) is 0. The zero-order chi connectivity index (χ0) is 13.0. The monoisotopic (exact) mass is 246 g/mol. The predicted octanol–water partition coefficient (Wildman–Crippen LogP) is 2.19. The fourth-order valence-corrected chi connectivity index (χ4v) is 1.33. The number of esters is 1. The Morgan fingerprint density at radius 3 is 2.72 bits per heavy atom. The third-order valence-electron chi connectivity index (χ3n) is 2.13. The number of rotatable bonds is 3. The maximum atomic E-state index is 11.4. The van der Waals surface area contributed by atoms with E-state index in [1.807, 2.05) is 0 Å². The van der Waals surface area contributed by atoms with Crippen molar-refractivity contribution in [3.63, 3.8) is 0 Å². The zero-order valence-electron chi connectivity index (χ0n) is 9.58. The van der Waals surface area contributed by atoms with Gasteiger partial charge >= 0.3 is 5.97 Å². The molecule has 0 N–H and O–H groups in total. The summed E-state index contributed by atoms with van der Waals surface area (Å²) in [4.78, 5) is 22.6. The van der Waals surface area contributed by atoms with E-state index in [2.05, 4.69) is 4.74 Å². The van der Waals surface area contributed by atoms with Gasteiger partial charge in [-0.3, -0.25) is 4.79 Å². The second-order valence-corrected chi connectivity index (χ2v) is 3.40. The highest BCUT2D eigenvalue weighted by molar-refractivity contribution is 5.86. The van der Waals surface area contributed by atoms with Gasteiger partial charge in [-0.05, 0) is 24.3 Å². The van der Waals surface area contributed by atoms with Crippen LogP contribution in [-0.2, 0) is 4.74 Å². The van der Waals surface area contributed by atoms with Crippen molar-refractivity contribution in [3.8, 4) is 0 Å². The van der Waals surface area contributed by atoms with Gasteiger partial charge in [0.05, 0.1) is 13.4 Å². The first-order valence-electron chi connectivity index (χ1n) is 5.14. The standard InChI is InChI=1S/C13H10O5/c1-16-13(15)12-8-9(14)7-11(18-12)5-4-10-3-2-6-17-10/h2-8H,1H3/b5-4+. The highest BCUT2D eigenvalue weighted by Gasteiger charge is 2.10. The number of methoxy groups -OCH3 is 1. The van der Waals surface area contributed by atoms with Crippen molar-refractivity contribution in [1.29, 1.82) is 0 Å². The Kier molecular flexibility index (Phi) is 3.43. The average Bonchev–Trinajstić information content (AvgIpc) is 2.88. The molecule has 0 bridgehead atoms. The molecule has 18 heavy (non-hydrogen) atoms. The number of ether oxygens (including phenoxy) is 1. The highest BCUT2D eigenvalue weighted by Crippen LogP contribution is 2.09. The summed E-state index contributed by atoms with van der Waals surface area (Å²) in [6.07, 6.45) is 4.69. The Hall–Kier alpha value is -2.56. The van der Waals surface area contributed by atoms with Crippen LogP contribution in [0.5, 0.6) is 0 Å². The van der Waals surface area contributed by atoms with Crippen molar-refractivity contribution in [3.05, 3.63) is 58.0 Å². The van der Waals surface area contributed by atoms with Crippen molar-refractivity contribution < 1.29 is 18.4 Å². The van der Waals surface area contributed by atoms with E-state index in [1.54, 1.807) is 18.2 Å². The minimum absolute atomic E-state index is 0.135. The minimum atomic E-state index is -0.694. The van der Waals surface area contributed by atoms with Crippen LogP contribution in [0.15, 0.2) is 44.2 Å². The molecule has 2 rings (SSSR count). The van der Waals surface area contributed by atoms with E-state index >= 15 is 0 Å². The molecule has 2 heterocycles. The lowest BCUT2D eigenvalue weighted by Crippen LogP contribution is -2.07. The molecule has 0 spiro atoms. The molecule has 0 atom stereocenters. The second kappa shape index (κ2) is 5.18. The number of carbonyl (C=O) groups excluding carboxylic acids is 1. The van der Waals surface area contributed by atoms with Gasteiger partial charge in [0.2, 0.25) is 5.76 Å². The van der Waals surface area contributed by atoms with E-state index in [0.29, 0.717) is 5.76 Å². The molecule has 92 valence electrons. The van der Waals surface area contributed by atoms with Gasteiger partial charge in [-0.25, -0.2) is 4.79 Å². The Labute approximate surface area is 102 Å². The summed E-state index contributed by atoms with van der Waals surface area (Å²) in [6, 6.07) is 5.83. The molecule has 5 nitrogen and oxygen atoms in total. The van der Waals surface area contributed by atoms with Crippen molar-refractivity contribution in [2.45, 2.75) is 0 Å². The van der Waals surface area contributed by atoms with E-state index in [1.165, 1.54) is 25.5 Å². The molecule has 0 aromatic carbocycles. The number of carbonyl (C=O) groups is 1. The third kappa shape index (κ3) is 2.76. The fourth-order valence-electron chi connectivity index (χ4n) is 1.33. The molecular weight excluding hydrogens is 236 g/mol. The van der Waals surface area contributed by atoms with Crippen molar-refractivity contribution in [1.82, 2.24) is 0 Å². The fraction of sp³-hybridized carbons (Fsp3) is 0.0769. The summed E-state index contributed by atoms with van der Waals surface area (Å²) in [6.45, 7) is 0. The normalized spacial score (nSPS) is 10.7. The van der Waals surface area contributed by atoms with Gasteiger partial charge in [-0.2, -0.15) is 0 Å². The Morgan fingerprint density at radius 1 is 1.28 bits per heavy atom. The molecule has 0 unspecified atom stereocenters. The van der Waals surface area contributed by atoms with E-state index < -0.39 is 5.97 Å². The van der Waals surface area contributed by atoms with Crippen LogP contribution >= 0.6 is 0 Å². The van der Waals surface area contributed by atoms with Crippen LogP contribution in [0.1, 0.15) is 22.1 Å². The van der Waals surface area contributed by atoms with Crippen molar-refractivity contribution in [2.24, 2.45) is 0 Å². The van der Waals surface area contributed by atoms with Gasteiger partial charge in [0.1, 0.15) is 11.5 Å². The topological polar surface area (TPSA) is 69.7 Å². The molecule has 0 saturated heterocycles. The minimum Gasteiger partial charge on any atom is -0.465 e. The highest BCUT2D eigenvalue weighted by atomic mass is 16.5. The van der Waals surface area contributed by atoms with Gasteiger partial charge in [-0.1, -0.05) is 0 Å². The summed E-state index contributed by atoms with van der Waals surface area (Å²) >= 11 is 0. The second-order valence-electron chi connectivity index (χ2n) is 3.40. The maximum absolute atomic E-state index is 11.4. The third-order valence-corrected chi connectivity index (χ3v) is 2.13. The van der Waals surface area contributed by atoms with Gasteiger partial charge < -0.3 is 13.6 Å². The van der Waals surface area contributed by atoms with E-state index in [-0.39, 0.29) is 16.9 Å². The van der Waals surface area contributed by atoms with Gasteiger partial charge in [0, 0.05) is 12.1 Å². The molecule has 0 amide bonds. The number of hydrogen-bond acceptors (Lipinski definition) is 5. The first-order chi connectivity index (χ1) is 8.69. The molecule has 0 saturated carbocycles. The Bertz CT molecular complexity index is 619. The van der Waals surface area contributed by atoms with Crippen LogP contribution < -0.4 is 5.43 Å². The van der Waals surface area contributed by atoms with Crippen LogP contribution in [-0.4, -0.2) is 13.1 Å². The van der Waals surface area contributed by atoms with Crippen LogP contribution in [0, 0.1) is 0 Å². The van der Waals surface area contributed by atoms with Gasteiger partial charge in [0.25, 0.3) is 0 Å². The lowest BCUT2D eigenvalue weighted by molar-refractivity contribution is 0.0561. The van der Waals surface area contributed by atoms with Crippen molar-refractivity contribution in [2.75, 3.05) is 7.11 Å². The summed E-state index contributed by atoms with van der Waals surface area (Å²) in [5.41, 5.74) is -0.333. The first kappa shape index (κ1) is 11.9. The zero-order valence-corrected chi connectivity index (χ0v) is 9.58. The molecule has 0 radical (unpaired) electrons. The van der Waals surface area contributed by atoms with E-state index in [0.717, 1.165) is 6.07 Å². The maximum Gasteiger partial charge on any atom is 0.374 e. The quantitative estimate of drug-likeness (QED) is 0.776. The summed E-state index contributed by atoms with van der Waals surface area (Å²) < 4.78 is 14.8. The summed E-state index contributed by atoms with van der Waals surface area (Å²) in [7, 11) is 1.22. The number of furan rings is 1. The molecular formula is C13H10O5. The SMILES string of the molecule is COC(=O)c1cc(=O)cc(/C=C/c2ccco2)o1. The molecule has 0 aliphatic carbocycles. The molecule has 2 aromatic heterocycles. The predicted molar refractivity (Wildman–Crippen MR) is 64.0 cm³/mol. The first-order valence-corrected chi connectivity index (χ1v) is 5.14. The molecule has 2 aromatic rings. The summed E-state index contributed by atoms with van der Waals surface area (Å²) in [5.74, 6) is 0.0323. The van der Waals surface area contributed by atoms with Crippen LogP contribution in [0.4, 0.5) is 0 Å². The van der Waals surface area contributed by atoms with E-state index in [9.17, 15) is 9.59 Å². The smallest absolute Gasteiger partial charge is 0.374 e. The van der Waals surface area contributed by atoms with E-state index in [4.69, 9.17) is 8.83 Å². The molecule has 0 aliphatic rings. The molecule has 0 aliphatic heterocycles. The largest absolute Gasteiger partial charge is 0.465 e. The lowest BCUT2D eigenvalue weighted by atomic mass is 10.3. The molecule has 0 fully saturated rings. The summed E-state index contributed by atoms with van der Waals surface area (Å²) in [5, 5.41) is 0. The average molecular weight is 246 g/mol. The van der Waals surface area contributed by atoms with Gasteiger partial charge in [0.15, 0.2) is 5.43 Å². The van der Waals surface area contributed by atoms with Gasteiger partial charge in [-0.15, -0.1) is 0 Å². The van der Waals surface area contributed by atoms with Crippen LogP contribution in [0.2, 0.25) is 0 Å². The van der Waals surface area contributed by atoms with Crippen LogP contribution in [0.25, 0.3) is 12.2 Å². The van der Waals surface area contributed by atoms with Crippen LogP contribution in [0.3, 0.4) is 0 Å². The lowest BCUT2D eigenvalue weighted by Gasteiger charge is -1.98. The van der Waals surface area contributed by atoms with Crippen molar-refractivity contribution >= 4 is 18.1 Å². The Balaban J connectivity index is 2.31.